The van der Waals surface area contributed by atoms with Crippen molar-refractivity contribution < 1.29 is 9.53 Å². The first-order valence-electron chi connectivity index (χ1n) is 7.96. The number of nitrogens with one attached hydrogen (secondary N) is 1. The topological polar surface area (TPSA) is 38.3 Å². The maximum Gasteiger partial charge on any atom is 0.337 e. The molecule has 2 unspecified atom stereocenters. The summed E-state index contributed by atoms with van der Waals surface area (Å²) >= 11 is 0. The molecule has 1 aliphatic carbocycles. The Labute approximate surface area is 128 Å². The van der Waals surface area contributed by atoms with E-state index in [2.05, 4.69) is 19.2 Å². The normalized spacial score (nSPS) is 22.1. The van der Waals surface area contributed by atoms with Gasteiger partial charge in [-0.05, 0) is 55.4 Å². The van der Waals surface area contributed by atoms with E-state index in [0.29, 0.717) is 11.6 Å². The Morgan fingerprint density at radius 3 is 2.71 bits per heavy atom. The van der Waals surface area contributed by atoms with Crippen molar-refractivity contribution in [1.29, 1.82) is 0 Å². The third-order valence-electron chi connectivity index (χ3n) is 4.66. The zero-order valence-corrected chi connectivity index (χ0v) is 13.6. The summed E-state index contributed by atoms with van der Waals surface area (Å²) in [6.45, 7) is 6.68. The van der Waals surface area contributed by atoms with E-state index in [9.17, 15) is 4.79 Å². The van der Waals surface area contributed by atoms with Gasteiger partial charge >= 0.3 is 5.97 Å². The lowest BCUT2D eigenvalue weighted by Gasteiger charge is -2.33. The fraction of sp³-hybridized carbons (Fsp3) is 0.611. The van der Waals surface area contributed by atoms with E-state index in [1.54, 1.807) is 0 Å². The van der Waals surface area contributed by atoms with Crippen LogP contribution in [0.1, 0.15) is 55.5 Å². The summed E-state index contributed by atoms with van der Waals surface area (Å²) in [6, 6.07) is 6.29. The van der Waals surface area contributed by atoms with Crippen LogP contribution in [0.15, 0.2) is 18.2 Å². The summed E-state index contributed by atoms with van der Waals surface area (Å²) < 4.78 is 4.76. The van der Waals surface area contributed by atoms with E-state index in [1.807, 2.05) is 25.1 Å². The molecule has 1 saturated carbocycles. The standard InChI is InChI=1S/C18H27NO2/c1-12(2)14-6-5-7-16(11-14)19-17-9-8-15(10-13(17)3)18(20)21-4/h8-10,12,14,16,19H,5-7,11H2,1-4H3. The Kier molecular flexibility index (Phi) is 5.27. The van der Waals surface area contributed by atoms with Crippen LogP contribution in [0.25, 0.3) is 0 Å². The van der Waals surface area contributed by atoms with E-state index in [1.165, 1.54) is 32.8 Å². The molecule has 0 saturated heterocycles. The zero-order valence-electron chi connectivity index (χ0n) is 13.6. The molecule has 2 rings (SSSR count). The summed E-state index contributed by atoms with van der Waals surface area (Å²) in [4.78, 5) is 11.5. The van der Waals surface area contributed by atoms with E-state index < -0.39 is 0 Å². The van der Waals surface area contributed by atoms with E-state index in [-0.39, 0.29) is 5.97 Å². The van der Waals surface area contributed by atoms with Crippen molar-refractivity contribution in [2.45, 2.75) is 52.5 Å². The summed E-state index contributed by atoms with van der Waals surface area (Å²) in [5.41, 5.74) is 2.85. The Balaban J connectivity index is 2.04. The van der Waals surface area contributed by atoms with E-state index in [4.69, 9.17) is 4.74 Å². The number of carbonyl (C=O) groups is 1. The molecule has 0 bridgehead atoms. The molecule has 0 spiro atoms. The Morgan fingerprint density at radius 2 is 2.10 bits per heavy atom. The molecule has 0 heterocycles. The van der Waals surface area contributed by atoms with Gasteiger partial charge in [0.05, 0.1) is 12.7 Å². The number of rotatable bonds is 4. The Morgan fingerprint density at radius 1 is 1.33 bits per heavy atom. The van der Waals surface area contributed by atoms with Crippen LogP contribution in [0.4, 0.5) is 5.69 Å². The van der Waals surface area contributed by atoms with Crippen molar-refractivity contribution in [3.63, 3.8) is 0 Å². The molecule has 116 valence electrons. The predicted molar refractivity (Wildman–Crippen MR) is 86.7 cm³/mol. The van der Waals surface area contributed by atoms with E-state index in [0.717, 1.165) is 23.1 Å². The zero-order chi connectivity index (χ0) is 15.4. The number of esters is 1. The maximum absolute atomic E-state index is 11.5. The molecule has 0 aromatic heterocycles. The first-order valence-corrected chi connectivity index (χ1v) is 7.96. The maximum atomic E-state index is 11.5. The monoisotopic (exact) mass is 289 g/mol. The lowest BCUT2D eigenvalue weighted by Crippen LogP contribution is -2.29. The van der Waals surface area contributed by atoms with Crippen molar-refractivity contribution in [1.82, 2.24) is 0 Å². The highest BCUT2D eigenvalue weighted by Crippen LogP contribution is 2.32. The van der Waals surface area contributed by atoms with E-state index >= 15 is 0 Å². The minimum Gasteiger partial charge on any atom is -0.465 e. The molecule has 1 aliphatic rings. The first-order chi connectivity index (χ1) is 10.0. The summed E-state index contributed by atoms with van der Waals surface area (Å²) in [5.74, 6) is 1.31. The van der Waals surface area contributed by atoms with Gasteiger partial charge in [0.15, 0.2) is 0 Å². The second kappa shape index (κ2) is 6.97. The molecule has 2 atom stereocenters. The molecule has 0 radical (unpaired) electrons. The van der Waals surface area contributed by atoms with Crippen molar-refractivity contribution in [2.24, 2.45) is 11.8 Å². The number of anilines is 1. The van der Waals surface area contributed by atoms with Gasteiger partial charge in [-0.3, -0.25) is 0 Å². The van der Waals surface area contributed by atoms with Gasteiger partial charge in [0.25, 0.3) is 0 Å². The van der Waals surface area contributed by atoms with Crippen molar-refractivity contribution >= 4 is 11.7 Å². The number of aryl methyl sites for hydroxylation is 1. The second-order valence-corrected chi connectivity index (χ2v) is 6.53. The van der Waals surface area contributed by atoms with Crippen molar-refractivity contribution in [3.05, 3.63) is 29.3 Å². The third kappa shape index (κ3) is 3.99. The minimum atomic E-state index is -0.276. The molecule has 3 heteroatoms. The fourth-order valence-corrected chi connectivity index (χ4v) is 3.25. The first kappa shape index (κ1) is 15.9. The largest absolute Gasteiger partial charge is 0.465 e. The Hall–Kier alpha value is -1.51. The highest BCUT2D eigenvalue weighted by atomic mass is 16.5. The number of ether oxygens (including phenoxy) is 1. The fourth-order valence-electron chi connectivity index (χ4n) is 3.25. The summed E-state index contributed by atoms with van der Waals surface area (Å²) in [7, 11) is 1.41. The lowest BCUT2D eigenvalue weighted by molar-refractivity contribution is 0.0600. The van der Waals surface area contributed by atoms with Crippen molar-refractivity contribution in [2.75, 3.05) is 12.4 Å². The highest BCUT2D eigenvalue weighted by Gasteiger charge is 2.24. The van der Waals surface area contributed by atoms with Gasteiger partial charge in [-0.25, -0.2) is 4.79 Å². The number of methoxy groups -OCH3 is 1. The van der Waals surface area contributed by atoms with Gasteiger partial charge in [0.1, 0.15) is 0 Å². The van der Waals surface area contributed by atoms with Gasteiger partial charge in [0.2, 0.25) is 0 Å². The van der Waals surface area contributed by atoms with Crippen LogP contribution < -0.4 is 5.32 Å². The van der Waals surface area contributed by atoms with Crippen molar-refractivity contribution in [3.8, 4) is 0 Å². The van der Waals surface area contributed by atoms with Crippen LogP contribution in [-0.2, 0) is 4.74 Å². The van der Waals surface area contributed by atoms with Crippen LogP contribution in [-0.4, -0.2) is 19.1 Å². The van der Waals surface area contributed by atoms with Crippen LogP contribution >= 0.6 is 0 Å². The summed E-state index contributed by atoms with van der Waals surface area (Å²) in [6.07, 6.45) is 5.15. The third-order valence-corrected chi connectivity index (χ3v) is 4.66. The van der Waals surface area contributed by atoms with Crippen LogP contribution in [0, 0.1) is 18.8 Å². The molecular weight excluding hydrogens is 262 g/mol. The van der Waals surface area contributed by atoms with Gasteiger partial charge in [0, 0.05) is 11.7 Å². The van der Waals surface area contributed by atoms with Gasteiger partial charge in [-0.2, -0.15) is 0 Å². The molecular formula is C18H27NO2. The Bertz CT molecular complexity index is 496. The molecule has 1 fully saturated rings. The highest BCUT2D eigenvalue weighted by molar-refractivity contribution is 5.90. The number of hydrogen-bond acceptors (Lipinski definition) is 3. The SMILES string of the molecule is COC(=O)c1ccc(NC2CCCC(C(C)C)C2)c(C)c1. The van der Waals surface area contributed by atoms with Gasteiger partial charge in [-0.1, -0.05) is 26.7 Å². The summed E-state index contributed by atoms with van der Waals surface area (Å²) in [5, 5.41) is 3.67. The van der Waals surface area contributed by atoms with Gasteiger partial charge < -0.3 is 10.1 Å². The van der Waals surface area contributed by atoms with Crippen LogP contribution in [0.5, 0.6) is 0 Å². The smallest absolute Gasteiger partial charge is 0.337 e. The van der Waals surface area contributed by atoms with Crippen LogP contribution in [0.2, 0.25) is 0 Å². The molecule has 0 amide bonds. The van der Waals surface area contributed by atoms with Crippen LogP contribution in [0.3, 0.4) is 0 Å². The number of carbonyl (C=O) groups excluding carboxylic acids is 1. The average Bonchev–Trinajstić information content (AvgIpc) is 2.48. The number of benzene rings is 1. The lowest BCUT2D eigenvalue weighted by atomic mass is 9.79. The minimum absolute atomic E-state index is 0.276. The molecule has 21 heavy (non-hydrogen) atoms. The quantitative estimate of drug-likeness (QED) is 0.834. The molecule has 1 aromatic rings. The molecule has 3 nitrogen and oxygen atoms in total. The predicted octanol–water partition coefficient (Wildman–Crippen LogP) is 4.41. The second-order valence-electron chi connectivity index (χ2n) is 6.53. The molecule has 1 aromatic carbocycles. The van der Waals surface area contributed by atoms with Gasteiger partial charge in [-0.15, -0.1) is 0 Å². The molecule has 1 N–H and O–H groups in total. The average molecular weight is 289 g/mol. The number of hydrogen-bond donors (Lipinski definition) is 1. The molecule has 0 aliphatic heterocycles.